The topological polar surface area (TPSA) is 96.2 Å². The molecule has 1 aliphatic heterocycles. The van der Waals surface area contributed by atoms with Crippen molar-refractivity contribution in [2.45, 2.75) is 50.0 Å². The van der Waals surface area contributed by atoms with Gasteiger partial charge in [0, 0.05) is 13.1 Å². The maximum absolute atomic E-state index is 13.7. The number of nitriles is 1. The number of aromatic nitrogens is 2. The Morgan fingerprint density at radius 1 is 1.06 bits per heavy atom. The Hall–Kier alpha value is -3.02. The molecule has 0 N–H and O–H groups in total. The van der Waals surface area contributed by atoms with Gasteiger partial charge in [0.05, 0.1) is 34.2 Å². The lowest BCUT2D eigenvalue weighted by Gasteiger charge is -2.37. The molecule has 0 unspecified atom stereocenters. The first-order valence-electron chi connectivity index (χ1n) is 10.6. The quantitative estimate of drug-likeness (QED) is 0.595. The van der Waals surface area contributed by atoms with E-state index in [0.717, 1.165) is 5.56 Å². The zero-order valence-corrected chi connectivity index (χ0v) is 19.4. The van der Waals surface area contributed by atoms with Crippen molar-refractivity contribution in [3.63, 3.8) is 0 Å². The fourth-order valence-corrected chi connectivity index (χ4v) is 5.89. The number of ether oxygens (including phenoxy) is 1. The van der Waals surface area contributed by atoms with Crippen LogP contribution in [0.5, 0.6) is 0 Å². The van der Waals surface area contributed by atoms with Crippen LogP contribution in [0, 0.1) is 25.2 Å². The van der Waals surface area contributed by atoms with E-state index >= 15 is 0 Å². The highest BCUT2D eigenvalue weighted by atomic mass is 32.2. The molecule has 0 spiro atoms. The van der Waals surface area contributed by atoms with Crippen molar-refractivity contribution in [1.29, 1.82) is 5.26 Å². The molecule has 1 aliphatic rings. The van der Waals surface area contributed by atoms with Crippen molar-refractivity contribution in [3.05, 3.63) is 59.3 Å². The van der Waals surface area contributed by atoms with Crippen LogP contribution in [0.1, 0.15) is 35.9 Å². The van der Waals surface area contributed by atoms with Gasteiger partial charge in [-0.25, -0.2) is 18.4 Å². The number of aryl methyl sites for hydroxylation is 2. The van der Waals surface area contributed by atoms with E-state index < -0.39 is 15.1 Å². The van der Waals surface area contributed by atoms with E-state index in [-0.39, 0.29) is 22.8 Å². The lowest BCUT2D eigenvalue weighted by Crippen LogP contribution is -2.46. The third kappa shape index (κ3) is 4.06. The molecule has 7 nitrogen and oxygen atoms in total. The molecule has 0 aliphatic carbocycles. The number of nitrogens with zero attached hydrogens (tertiary/aromatic N) is 4. The monoisotopic (exact) mass is 450 g/mol. The molecular weight excluding hydrogens is 424 g/mol. The Morgan fingerprint density at radius 3 is 2.31 bits per heavy atom. The molecular formula is C24H26N4O3S. The Morgan fingerprint density at radius 2 is 1.69 bits per heavy atom. The number of anilines is 1. The van der Waals surface area contributed by atoms with Crippen LogP contribution >= 0.6 is 0 Å². The van der Waals surface area contributed by atoms with Crippen molar-refractivity contribution < 1.29 is 13.2 Å². The lowest BCUT2D eigenvalue weighted by atomic mass is 10.2. The molecule has 1 saturated heterocycles. The Labute approximate surface area is 188 Å². The Kier molecular flexibility index (Phi) is 5.89. The highest BCUT2D eigenvalue weighted by Gasteiger charge is 2.37. The molecule has 4 rings (SSSR count). The predicted octanol–water partition coefficient (Wildman–Crippen LogP) is 3.90. The summed E-state index contributed by atoms with van der Waals surface area (Å²) >= 11 is 0. The SMILES string of the molecule is Cc1ccc(C)c(S(=O)(=O)[C@H](C#N)c2nc3ccccc3nc2N2C[C@H](C)O[C@@H](C)C2)c1. The molecule has 166 valence electrons. The second-order valence-corrected chi connectivity index (χ2v) is 10.4. The van der Waals surface area contributed by atoms with Crippen molar-refractivity contribution in [2.24, 2.45) is 0 Å². The number of fused-ring (bicyclic) bond motifs is 1. The molecule has 32 heavy (non-hydrogen) atoms. The number of rotatable bonds is 4. The van der Waals surface area contributed by atoms with Crippen molar-refractivity contribution in [3.8, 4) is 6.07 Å². The molecule has 0 saturated carbocycles. The molecule has 1 aromatic heterocycles. The first-order chi connectivity index (χ1) is 15.2. The van der Waals surface area contributed by atoms with Gasteiger partial charge in [0.15, 0.2) is 11.1 Å². The van der Waals surface area contributed by atoms with Gasteiger partial charge in [-0.05, 0) is 57.0 Å². The smallest absolute Gasteiger partial charge is 0.200 e. The molecule has 1 fully saturated rings. The van der Waals surface area contributed by atoms with Gasteiger partial charge >= 0.3 is 0 Å². The van der Waals surface area contributed by atoms with E-state index in [1.165, 1.54) is 0 Å². The molecule has 0 radical (unpaired) electrons. The number of hydrogen-bond donors (Lipinski definition) is 0. The Bertz CT molecular complexity index is 1310. The number of benzene rings is 2. The molecule has 3 atom stereocenters. The summed E-state index contributed by atoms with van der Waals surface area (Å²) in [4.78, 5) is 11.6. The number of para-hydroxylation sites is 2. The van der Waals surface area contributed by atoms with Crippen LogP contribution in [0.2, 0.25) is 0 Å². The van der Waals surface area contributed by atoms with E-state index in [4.69, 9.17) is 9.72 Å². The first-order valence-corrected chi connectivity index (χ1v) is 12.1. The van der Waals surface area contributed by atoms with Crippen LogP contribution in [-0.4, -0.2) is 43.7 Å². The number of sulfone groups is 1. The van der Waals surface area contributed by atoms with Crippen LogP contribution in [0.3, 0.4) is 0 Å². The number of hydrogen-bond acceptors (Lipinski definition) is 7. The Balaban J connectivity index is 1.93. The minimum atomic E-state index is -4.04. The number of morpholine rings is 1. The maximum Gasteiger partial charge on any atom is 0.200 e. The summed E-state index contributed by atoms with van der Waals surface area (Å²) in [6.07, 6.45) is -0.118. The molecule has 8 heteroatoms. The lowest BCUT2D eigenvalue weighted by molar-refractivity contribution is -0.00550. The van der Waals surface area contributed by atoms with Crippen LogP contribution in [-0.2, 0) is 14.6 Å². The summed E-state index contributed by atoms with van der Waals surface area (Å²) in [7, 11) is -4.04. The fraction of sp³-hybridized carbons (Fsp3) is 0.375. The minimum absolute atomic E-state index is 0.0592. The zero-order valence-electron chi connectivity index (χ0n) is 18.6. The van der Waals surface area contributed by atoms with Crippen molar-refractivity contribution in [1.82, 2.24) is 9.97 Å². The summed E-state index contributed by atoms with van der Waals surface area (Å²) < 4.78 is 33.3. The molecule has 2 aromatic carbocycles. The van der Waals surface area contributed by atoms with Crippen LogP contribution in [0.15, 0.2) is 47.4 Å². The average Bonchev–Trinajstić information content (AvgIpc) is 2.74. The van der Waals surface area contributed by atoms with Crippen LogP contribution in [0.25, 0.3) is 11.0 Å². The molecule has 0 bridgehead atoms. The fourth-order valence-electron chi connectivity index (χ4n) is 4.18. The third-order valence-electron chi connectivity index (χ3n) is 5.62. The largest absolute Gasteiger partial charge is 0.372 e. The van der Waals surface area contributed by atoms with Crippen molar-refractivity contribution >= 4 is 26.7 Å². The summed E-state index contributed by atoms with van der Waals surface area (Å²) in [6, 6.07) is 14.5. The average molecular weight is 451 g/mol. The second-order valence-electron chi connectivity index (χ2n) is 8.41. The molecule has 0 amide bonds. The normalized spacial score (nSPS) is 20.2. The van der Waals surface area contributed by atoms with E-state index in [9.17, 15) is 13.7 Å². The van der Waals surface area contributed by atoms with Gasteiger partial charge in [-0.15, -0.1) is 0 Å². The highest BCUT2D eigenvalue weighted by molar-refractivity contribution is 7.92. The van der Waals surface area contributed by atoms with Crippen LogP contribution < -0.4 is 4.90 Å². The summed E-state index contributed by atoms with van der Waals surface area (Å²) in [5.74, 6) is 0.422. The van der Waals surface area contributed by atoms with Gasteiger partial charge in [-0.1, -0.05) is 24.3 Å². The third-order valence-corrected chi connectivity index (χ3v) is 7.63. The first kappa shape index (κ1) is 22.2. The van der Waals surface area contributed by atoms with Gasteiger partial charge in [0.25, 0.3) is 0 Å². The standard InChI is InChI=1S/C24H26N4O3S/c1-15-9-10-16(2)21(11-15)32(29,30)22(12-25)23-24(28-13-17(3)31-18(4)14-28)27-20-8-6-5-7-19(20)26-23/h5-11,17-18,22H,13-14H2,1-4H3/t17-,18-,22+/m0/s1. The second kappa shape index (κ2) is 8.49. The molecule has 3 aromatic rings. The van der Waals surface area contributed by atoms with Gasteiger partial charge in [0.2, 0.25) is 9.84 Å². The van der Waals surface area contributed by atoms with Crippen LogP contribution in [0.4, 0.5) is 5.82 Å². The van der Waals surface area contributed by atoms with Gasteiger partial charge in [-0.2, -0.15) is 5.26 Å². The minimum Gasteiger partial charge on any atom is -0.372 e. The highest BCUT2D eigenvalue weighted by Crippen LogP contribution is 2.36. The molecule has 2 heterocycles. The summed E-state index contributed by atoms with van der Waals surface area (Å²) in [6.45, 7) is 8.56. The van der Waals surface area contributed by atoms with E-state index in [2.05, 4.69) is 4.98 Å². The zero-order chi connectivity index (χ0) is 23.0. The maximum atomic E-state index is 13.7. The van der Waals surface area contributed by atoms with Crippen molar-refractivity contribution in [2.75, 3.05) is 18.0 Å². The van der Waals surface area contributed by atoms with E-state index in [1.807, 2.05) is 56.0 Å². The van der Waals surface area contributed by atoms with E-state index in [0.29, 0.717) is 35.5 Å². The van der Waals surface area contributed by atoms with E-state index in [1.54, 1.807) is 25.1 Å². The summed E-state index contributed by atoms with van der Waals surface area (Å²) in [5, 5.41) is 8.61. The summed E-state index contributed by atoms with van der Waals surface area (Å²) in [5.41, 5.74) is 2.77. The van der Waals surface area contributed by atoms with Gasteiger partial charge < -0.3 is 9.64 Å². The van der Waals surface area contributed by atoms with Gasteiger partial charge in [-0.3, -0.25) is 0 Å². The van der Waals surface area contributed by atoms with Gasteiger partial charge in [0.1, 0.15) is 5.69 Å². The predicted molar refractivity (Wildman–Crippen MR) is 123 cm³/mol.